The van der Waals surface area contributed by atoms with Crippen LogP contribution in [0.3, 0.4) is 0 Å². The van der Waals surface area contributed by atoms with Gasteiger partial charge in [0.2, 0.25) is 0 Å². The Labute approximate surface area is 135 Å². The zero-order chi connectivity index (χ0) is 15.5. The molecular weight excluding hydrogens is 300 g/mol. The van der Waals surface area contributed by atoms with Gasteiger partial charge < -0.3 is 4.90 Å². The SMILES string of the molecule is Cn1cc(C(=O)N2CCN(Cc3ccccc3Cl)CC2)cn1. The quantitative estimate of drug-likeness (QED) is 0.869. The van der Waals surface area contributed by atoms with Crippen molar-refractivity contribution < 1.29 is 4.79 Å². The molecule has 0 unspecified atom stereocenters. The summed E-state index contributed by atoms with van der Waals surface area (Å²) >= 11 is 6.20. The molecule has 116 valence electrons. The number of carbonyl (C=O) groups excluding carboxylic acids is 1. The van der Waals surface area contributed by atoms with E-state index in [0.717, 1.165) is 43.3 Å². The van der Waals surface area contributed by atoms with E-state index in [1.165, 1.54) is 0 Å². The third kappa shape index (κ3) is 3.31. The molecule has 1 aromatic heterocycles. The molecular formula is C16H19ClN4O. The Balaban J connectivity index is 1.56. The average molecular weight is 319 g/mol. The molecule has 2 aromatic rings. The monoisotopic (exact) mass is 318 g/mol. The van der Waals surface area contributed by atoms with Gasteiger partial charge in [-0.15, -0.1) is 0 Å². The van der Waals surface area contributed by atoms with Gasteiger partial charge in [0.25, 0.3) is 5.91 Å². The number of rotatable bonds is 3. The van der Waals surface area contributed by atoms with Gasteiger partial charge in [-0.05, 0) is 11.6 Å². The standard InChI is InChI=1S/C16H19ClN4O/c1-19-11-14(10-18-19)16(22)21-8-6-20(7-9-21)12-13-4-2-3-5-15(13)17/h2-5,10-11H,6-9,12H2,1H3. The van der Waals surface area contributed by atoms with Gasteiger partial charge in [-0.25, -0.2) is 0 Å². The molecule has 0 atom stereocenters. The minimum absolute atomic E-state index is 0.0606. The maximum absolute atomic E-state index is 12.4. The topological polar surface area (TPSA) is 41.4 Å². The van der Waals surface area contributed by atoms with Crippen LogP contribution >= 0.6 is 11.6 Å². The molecule has 1 aliphatic heterocycles. The highest BCUT2D eigenvalue weighted by atomic mass is 35.5. The summed E-state index contributed by atoms with van der Waals surface area (Å²) in [5.41, 5.74) is 1.79. The van der Waals surface area contributed by atoms with Crippen LogP contribution in [0.15, 0.2) is 36.7 Å². The van der Waals surface area contributed by atoms with Crippen molar-refractivity contribution in [2.45, 2.75) is 6.54 Å². The van der Waals surface area contributed by atoms with Crippen LogP contribution < -0.4 is 0 Å². The van der Waals surface area contributed by atoms with Crippen LogP contribution in [0, 0.1) is 0 Å². The second-order valence-electron chi connectivity index (χ2n) is 5.56. The fourth-order valence-electron chi connectivity index (χ4n) is 2.69. The average Bonchev–Trinajstić information content (AvgIpc) is 2.96. The number of aromatic nitrogens is 2. The smallest absolute Gasteiger partial charge is 0.257 e. The summed E-state index contributed by atoms with van der Waals surface area (Å²) < 4.78 is 1.65. The highest BCUT2D eigenvalue weighted by Crippen LogP contribution is 2.18. The van der Waals surface area contributed by atoms with Crippen molar-refractivity contribution in [2.75, 3.05) is 26.2 Å². The van der Waals surface area contributed by atoms with Crippen LogP contribution in [0.4, 0.5) is 0 Å². The van der Waals surface area contributed by atoms with Gasteiger partial charge >= 0.3 is 0 Å². The number of aryl methyl sites for hydroxylation is 1. The predicted octanol–water partition coefficient (Wildman–Crippen LogP) is 2.03. The predicted molar refractivity (Wildman–Crippen MR) is 85.8 cm³/mol. The maximum atomic E-state index is 12.4. The third-order valence-corrected chi connectivity index (χ3v) is 4.33. The van der Waals surface area contributed by atoms with E-state index < -0.39 is 0 Å². The van der Waals surface area contributed by atoms with Crippen LogP contribution in [0.1, 0.15) is 15.9 Å². The van der Waals surface area contributed by atoms with E-state index in [-0.39, 0.29) is 5.91 Å². The zero-order valence-electron chi connectivity index (χ0n) is 12.6. The Bertz CT molecular complexity index is 662. The number of amides is 1. The van der Waals surface area contributed by atoms with Crippen LogP contribution in [0.2, 0.25) is 5.02 Å². The number of carbonyl (C=O) groups is 1. The molecule has 0 N–H and O–H groups in total. The van der Waals surface area contributed by atoms with Gasteiger partial charge in [-0.3, -0.25) is 14.4 Å². The Hall–Kier alpha value is -1.85. The van der Waals surface area contributed by atoms with Gasteiger partial charge in [0.1, 0.15) is 0 Å². The van der Waals surface area contributed by atoms with E-state index in [4.69, 9.17) is 11.6 Å². The first-order valence-electron chi connectivity index (χ1n) is 7.37. The second-order valence-corrected chi connectivity index (χ2v) is 5.97. The fourth-order valence-corrected chi connectivity index (χ4v) is 2.89. The number of nitrogens with zero attached hydrogens (tertiary/aromatic N) is 4. The highest BCUT2D eigenvalue weighted by molar-refractivity contribution is 6.31. The van der Waals surface area contributed by atoms with E-state index in [0.29, 0.717) is 5.56 Å². The van der Waals surface area contributed by atoms with Crippen molar-refractivity contribution in [2.24, 2.45) is 7.05 Å². The first-order valence-corrected chi connectivity index (χ1v) is 7.75. The van der Waals surface area contributed by atoms with Crippen molar-refractivity contribution >= 4 is 17.5 Å². The third-order valence-electron chi connectivity index (χ3n) is 3.96. The van der Waals surface area contributed by atoms with E-state index in [1.54, 1.807) is 17.1 Å². The van der Waals surface area contributed by atoms with Crippen molar-refractivity contribution in [3.05, 3.63) is 52.8 Å². The highest BCUT2D eigenvalue weighted by Gasteiger charge is 2.23. The van der Waals surface area contributed by atoms with E-state index in [1.807, 2.05) is 30.1 Å². The summed E-state index contributed by atoms with van der Waals surface area (Å²) in [5.74, 6) is 0.0606. The Kier molecular flexibility index (Phi) is 4.45. The van der Waals surface area contributed by atoms with E-state index in [2.05, 4.69) is 16.1 Å². The van der Waals surface area contributed by atoms with Gasteiger partial charge in [0.15, 0.2) is 0 Å². The molecule has 3 rings (SSSR count). The van der Waals surface area contributed by atoms with Gasteiger partial charge in [0.05, 0.1) is 11.8 Å². The zero-order valence-corrected chi connectivity index (χ0v) is 13.3. The van der Waals surface area contributed by atoms with Crippen LogP contribution in [0.25, 0.3) is 0 Å². The fraction of sp³-hybridized carbons (Fsp3) is 0.375. The van der Waals surface area contributed by atoms with Gasteiger partial charge in [-0.2, -0.15) is 5.10 Å². The molecule has 1 fully saturated rings. The summed E-state index contributed by atoms with van der Waals surface area (Å²) in [7, 11) is 1.82. The lowest BCUT2D eigenvalue weighted by molar-refractivity contribution is 0.0628. The second kappa shape index (κ2) is 6.50. The van der Waals surface area contributed by atoms with E-state index >= 15 is 0 Å². The van der Waals surface area contributed by atoms with Crippen LogP contribution in [0.5, 0.6) is 0 Å². The molecule has 0 aliphatic carbocycles. The van der Waals surface area contributed by atoms with Gasteiger partial charge in [0, 0.05) is 51.0 Å². The molecule has 2 heterocycles. The summed E-state index contributed by atoms with van der Waals surface area (Å²) in [6.45, 7) is 4.01. The molecule has 6 heteroatoms. The summed E-state index contributed by atoms with van der Waals surface area (Å²) in [4.78, 5) is 16.6. The largest absolute Gasteiger partial charge is 0.336 e. The molecule has 1 aliphatic rings. The summed E-state index contributed by atoms with van der Waals surface area (Å²) in [6.07, 6.45) is 3.39. The molecule has 1 saturated heterocycles. The number of benzene rings is 1. The van der Waals surface area contributed by atoms with Crippen LogP contribution in [-0.2, 0) is 13.6 Å². The van der Waals surface area contributed by atoms with Crippen molar-refractivity contribution in [1.29, 1.82) is 0 Å². The van der Waals surface area contributed by atoms with Crippen LogP contribution in [-0.4, -0.2) is 51.7 Å². The normalized spacial score (nSPS) is 16.0. The Morgan fingerprint density at radius 3 is 2.59 bits per heavy atom. The first-order chi connectivity index (χ1) is 10.6. The lowest BCUT2D eigenvalue weighted by Gasteiger charge is -2.34. The molecule has 22 heavy (non-hydrogen) atoms. The number of piperazine rings is 1. The maximum Gasteiger partial charge on any atom is 0.257 e. The lowest BCUT2D eigenvalue weighted by atomic mass is 10.2. The molecule has 1 aromatic carbocycles. The minimum atomic E-state index is 0.0606. The molecule has 1 amide bonds. The first kappa shape index (κ1) is 15.1. The molecule has 5 nitrogen and oxygen atoms in total. The Morgan fingerprint density at radius 2 is 1.95 bits per heavy atom. The number of halogens is 1. The number of hydrogen-bond donors (Lipinski definition) is 0. The Morgan fingerprint density at radius 1 is 1.23 bits per heavy atom. The molecule has 0 spiro atoms. The van der Waals surface area contributed by atoms with Crippen molar-refractivity contribution in [1.82, 2.24) is 19.6 Å². The summed E-state index contributed by atoms with van der Waals surface area (Å²) in [6, 6.07) is 7.91. The van der Waals surface area contributed by atoms with Crippen molar-refractivity contribution in [3.8, 4) is 0 Å². The van der Waals surface area contributed by atoms with Gasteiger partial charge in [-0.1, -0.05) is 29.8 Å². The number of hydrogen-bond acceptors (Lipinski definition) is 3. The molecule has 0 saturated carbocycles. The summed E-state index contributed by atoms with van der Waals surface area (Å²) in [5, 5.41) is 4.86. The minimum Gasteiger partial charge on any atom is -0.336 e. The van der Waals surface area contributed by atoms with Crippen molar-refractivity contribution in [3.63, 3.8) is 0 Å². The lowest BCUT2D eigenvalue weighted by Crippen LogP contribution is -2.48. The van der Waals surface area contributed by atoms with E-state index in [9.17, 15) is 4.79 Å². The molecule has 0 radical (unpaired) electrons. The molecule has 0 bridgehead atoms.